The lowest BCUT2D eigenvalue weighted by molar-refractivity contribution is -0.134. The highest BCUT2D eigenvalue weighted by Crippen LogP contribution is 2.30. The molecule has 0 saturated carbocycles. The van der Waals surface area contributed by atoms with Gasteiger partial charge in [-0.2, -0.15) is 11.8 Å². The number of fused-ring (bicyclic) bond motifs is 5. The predicted molar refractivity (Wildman–Crippen MR) is 155 cm³/mol. The molecule has 5 rings (SSSR count). The van der Waals surface area contributed by atoms with Crippen LogP contribution in [0, 0.1) is 5.92 Å². The number of carbonyl (C=O) groups is 4. The fraction of sp³-hybridized carbons (Fsp3) is 0.448. The number of furan rings is 1. The molecule has 1 saturated heterocycles. The van der Waals surface area contributed by atoms with Crippen molar-refractivity contribution in [2.45, 2.75) is 63.2 Å². The summed E-state index contributed by atoms with van der Waals surface area (Å²) in [5.41, 5.74) is 1.39. The molecular formula is C29H35N7O5S. The lowest BCUT2D eigenvalue weighted by atomic mass is 10.00. The summed E-state index contributed by atoms with van der Waals surface area (Å²) in [6, 6.07) is 9.72. The summed E-state index contributed by atoms with van der Waals surface area (Å²) in [6.07, 6.45) is 4.18. The molecule has 0 aliphatic carbocycles. The topological polar surface area (TPSA) is 151 Å². The molecule has 0 unspecified atom stereocenters. The first kappa shape index (κ1) is 29.4. The van der Waals surface area contributed by atoms with Crippen LogP contribution < -0.4 is 16.0 Å². The van der Waals surface area contributed by atoms with E-state index in [4.69, 9.17) is 4.42 Å². The molecule has 42 heavy (non-hydrogen) atoms. The zero-order valence-corrected chi connectivity index (χ0v) is 24.6. The SMILES string of the molecule is CSCc1ccc(C(=O)N2C[C@@H]3C[C@H]2C(=O)N[C@@H](C(C)C)C(=O)N[C@H](Cc2ccccc2)C(=O)NCc2cn3nn2)o1. The van der Waals surface area contributed by atoms with Crippen molar-refractivity contribution in [1.82, 2.24) is 35.8 Å². The van der Waals surface area contributed by atoms with Crippen LogP contribution in [0.5, 0.6) is 0 Å². The Hall–Kier alpha value is -4.13. The smallest absolute Gasteiger partial charge is 0.290 e. The van der Waals surface area contributed by atoms with E-state index in [-0.39, 0.29) is 49.6 Å². The Morgan fingerprint density at radius 1 is 1.07 bits per heavy atom. The first-order valence-electron chi connectivity index (χ1n) is 13.9. The zero-order chi connectivity index (χ0) is 29.8. The lowest BCUT2D eigenvalue weighted by Crippen LogP contribution is -2.58. The van der Waals surface area contributed by atoms with Gasteiger partial charge < -0.3 is 25.3 Å². The van der Waals surface area contributed by atoms with Crippen LogP contribution in [0.15, 0.2) is 53.1 Å². The number of amides is 4. The Balaban J connectivity index is 1.45. The van der Waals surface area contributed by atoms with Crippen LogP contribution in [0.2, 0.25) is 0 Å². The summed E-state index contributed by atoms with van der Waals surface area (Å²) in [6.45, 7) is 3.94. The van der Waals surface area contributed by atoms with E-state index in [1.165, 1.54) is 4.90 Å². The number of hydrogen-bond donors (Lipinski definition) is 3. The molecule has 4 amide bonds. The summed E-state index contributed by atoms with van der Waals surface area (Å²) in [4.78, 5) is 55.7. The van der Waals surface area contributed by atoms with Gasteiger partial charge in [0, 0.05) is 19.4 Å². The third kappa shape index (κ3) is 6.51. The molecule has 4 heterocycles. The molecule has 13 heteroatoms. The Labute approximate surface area is 248 Å². The van der Waals surface area contributed by atoms with Gasteiger partial charge in [0.2, 0.25) is 17.7 Å². The maximum absolute atomic E-state index is 13.8. The van der Waals surface area contributed by atoms with Crippen molar-refractivity contribution in [3.63, 3.8) is 0 Å². The highest BCUT2D eigenvalue weighted by molar-refractivity contribution is 7.97. The van der Waals surface area contributed by atoms with Gasteiger partial charge in [0.25, 0.3) is 5.91 Å². The van der Waals surface area contributed by atoms with Gasteiger partial charge in [0.05, 0.1) is 24.5 Å². The monoisotopic (exact) mass is 593 g/mol. The summed E-state index contributed by atoms with van der Waals surface area (Å²) in [5, 5.41) is 17.0. The number of rotatable bonds is 6. The van der Waals surface area contributed by atoms with E-state index in [2.05, 4.69) is 26.3 Å². The van der Waals surface area contributed by atoms with Crippen molar-refractivity contribution in [2.24, 2.45) is 5.92 Å². The van der Waals surface area contributed by atoms with E-state index in [0.29, 0.717) is 17.2 Å². The van der Waals surface area contributed by atoms with E-state index in [1.807, 2.05) is 50.4 Å². The summed E-state index contributed by atoms with van der Waals surface area (Å²) in [5.74, 6) is -0.576. The van der Waals surface area contributed by atoms with Crippen LogP contribution in [0.1, 0.15) is 53.9 Å². The van der Waals surface area contributed by atoms with E-state index in [1.54, 1.807) is 34.8 Å². The largest absolute Gasteiger partial charge is 0.455 e. The van der Waals surface area contributed by atoms with E-state index < -0.39 is 35.8 Å². The minimum atomic E-state index is -0.932. The number of benzene rings is 1. The van der Waals surface area contributed by atoms with Crippen LogP contribution in [0.25, 0.3) is 0 Å². The van der Waals surface area contributed by atoms with Gasteiger partial charge in [-0.3, -0.25) is 19.2 Å². The second-order valence-electron chi connectivity index (χ2n) is 11.0. The maximum atomic E-state index is 13.8. The van der Waals surface area contributed by atoms with Crippen molar-refractivity contribution in [3.8, 4) is 0 Å². The zero-order valence-electron chi connectivity index (χ0n) is 23.8. The Morgan fingerprint density at radius 3 is 2.60 bits per heavy atom. The standard InChI is InChI=1S/C29H35N7O5S/c1-17(2)25-28(39)31-22(11-18-7-5-4-6-8-18)26(37)30-13-19-14-36(34-33-19)20-12-23(27(38)32-25)35(15-20)29(40)24-10-9-21(41-24)16-42-3/h4-10,14,17,20,22-23,25H,11-13,15-16H2,1-3H3,(H,30,37)(H,31,39)(H,32,38)/t20-,22+,23-,25-/m0/s1. The summed E-state index contributed by atoms with van der Waals surface area (Å²) >= 11 is 1.58. The van der Waals surface area contributed by atoms with Crippen molar-refractivity contribution in [1.29, 1.82) is 0 Å². The molecule has 222 valence electrons. The Kier molecular flexibility index (Phi) is 8.95. The molecule has 12 nitrogen and oxygen atoms in total. The van der Waals surface area contributed by atoms with Crippen LogP contribution in [-0.4, -0.2) is 74.4 Å². The van der Waals surface area contributed by atoms with Crippen LogP contribution in [0.3, 0.4) is 0 Å². The van der Waals surface area contributed by atoms with Gasteiger partial charge in [-0.15, -0.1) is 5.10 Å². The third-order valence-corrected chi connectivity index (χ3v) is 8.11. The van der Waals surface area contributed by atoms with E-state index in [9.17, 15) is 19.2 Å². The number of nitrogens with one attached hydrogen (secondary N) is 3. The molecule has 3 N–H and O–H groups in total. The predicted octanol–water partition coefficient (Wildman–Crippen LogP) is 1.69. The molecular weight excluding hydrogens is 558 g/mol. The quantitative estimate of drug-likeness (QED) is 0.391. The number of hydrogen-bond acceptors (Lipinski definition) is 8. The molecule has 3 aromatic rings. The van der Waals surface area contributed by atoms with Crippen LogP contribution >= 0.6 is 11.8 Å². The second kappa shape index (κ2) is 12.8. The van der Waals surface area contributed by atoms with Crippen molar-refractivity contribution < 1.29 is 23.6 Å². The average molecular weight is 594 g/mol. The van der Waals surface area contributed by atoms with Crippen molar-refractivity contribution in [3.05, 3.63) is 71.4 Å². The highest BCUT2D eigenvalue weighted by Gasteiger charge is 2.43. The first-order chi connectivity index (χ1) is 20.2. The minimum absolute atomic E-state index is 0.105. The summed E-state index contributed by atoms with van der Waals surface area (Å²) < 4.78 is 7.40. The van der Waals surface area contributed by atoms with Crippen molar-refractivity contribution in [2.75, 3.05) is 12.8 Å². The van der Waals surface area contributed by atoms with Crippen molar-refractivity contribution >= 4 is 35.4 Å². The van der Waals surface area contributed by atoms with Gasteiger partial charge in [0.1, 0.15) is 29.6 Å². The van der Waals surface area contributed by atoms with E-state index >= 15 is 0 Å². The number of likely N-dealkylation sites (tertiary alicyclic amines) is 1. The third-order valence-electron chi connectivity index (χ3n) is 7.54. The lowest BCUT2D eigenvalue weighted by Gasteiger charge is -2.28. The Morgan fingerprint density at radius 2 is 1.86 bits per heavy atom. The highest BCUT2D eigenvalue weighted by atomic mass is 32.2. The van der Waals surface area contributed by atoms with Crippen LogP contribution in [0.4, 0.5) is 0 Å². The summed E-state index contributed by atoms with van der Waals surface area (Å²) in [7, 11) is 0. The van der Waals surface area contributed by atoms with Crippen LogP contribution in [-0.2, 0) is 33.1 Å². The number of thioether (sulfide) groups is 1. The maximum Gasteiger partial charge on any atom is 0.290 e. The number of nitrogens with zero attached hydrogens (tertiary/aromatic N) is 4. The number of carbonyl (C=O) groups excluding carboxylic acids is 4. The van der Waals surface area contributed by atoms with E-state index in [0.717, 1.165) is 5.56 Å². The molecule has 4 atom stereocenters. The molecule has 4 bridgehead atoms. The molecule has 1 aromatic carbocycles. The van der Waals surface area contributed by atoms with Gasteiger partial charge in [0.15, 0.2) is 5.76 Å². The minimum Gasteiger partial charge on any atom is -0.455 e. The van der Waals surface area contributed by atoms with Gasteiger partial charge in [-0.25, -0.2) is 4.68 Å². The fourth-order valence-electron chi connectivity index (χ4n) is 5.31. The Bertz CT molecular complexity index is 1440. The van der Waals surface area contributed by atoms with Gasteiger partial charge >= 0.3 is 0 Å². The molecule has 1 fully saturated rings. The van der Waals surface area contributed by atoms with Gasteiger partial charge in [-0.1, -0.05) is 49.4 Å². The average Bonchev–Trinajstić information content (AvgIpc) is 3.74. The molecule has 0 spiro atoms. The molecule has 2 aromatic heterocycles. The fourth-order valence-corrected chi connectivity index (χ4v) is 5.75. The molecule has 2 aliphatic rings. The number of aromatic nitrogens is 3. The van der Waals surface area contributed by atoms with Gasteiger partial charge in [-0.05, 0) is 29.9 Å². The first-order valence-corrected chi connectivity index (χ1v) is 15.3. The normalized spacial score (nSPS) is 23.1. The second-order valence-corrected chi connectivity index (χ2v) is 11.8. The molecule has 0 radical (unpaired) electrons. The molecule has 2 aliphatic heterocycles.